The standard InChI is InChI=1S/C20H27N3O3.2ClH/c1-4-20(5-2,14-21)19(24)23-13-15-8-7-11-22-18(15)26-17-10-6-9-16(12-17)25-3;;/h6-12H,4-5,13-14,21H2,1-3H3,(H,23,24);2*1H. The summed E-state index contributed by atoms with van der Waals surface area (Å²) in [4.78, 5) is 16.9. The zero-order chi connectivity index (χ0) is 19.0. The van der Waals surface area contributed by atoms with Gasteiger partial charge in [-0.1, -0.05) is 26.0 Å². The lowest BCUT2D eigenvalue weighted by Gasteiger charge is -2.28. The van der Waals surface area contributed by atoms with Gasteiger partial charge in [0.05, 0.1) is 12.5 Å². The highest BCUT2D eigenvalue weighted by atomic mass is 35.5. The fourth-order valence-corrected chi connectivity index (χ4v) is 2.74. The maximum Gasteiger partial charge on any atom is 0.227 e. The molecule has 0 aliphatic heterocycles. The highest BCUT2D eigenvalue weighted by Gasteiger charge is 2.33. The van der Waals surface area contributed by atoms with E-state index in [1.807, 2.05) is 44.2 Å². The minimum absolute atomic E-state index is 0. The van der Waals surface area contributed by atoms with Gasteiger partial charge in [-0.15, -0.1) is 24.8 Å². The molecule has 0 atom stereocenters. The summed E-state index contributed by atoms with van der Waals surface area (Å²) in [6, 6.07) is 11.0. The van der Waals surface area contributed by atoms with Crippen LogP contribution in [0.4, 0.5) is 0 Å². The molecule has 0 aliphatic rings. The summed E-state index contributed by atoms with van der Waals surface area (Å²) in [5.74, 6) is 1.73. The fourth-order valence-electron chi connectivity index (χ4n) is 2.74. The van der Waals surface area contributed by atoms with Gasteiger partial charge in [-0.25, -0.2) is 4.98 Å². The van der Waals surface area contributed by atoms with E-state index >= 15 is 0 Å². The number of halogens is 2. The van der Waals surface area contributed by atoms with Gasteiger partial charge in [0.1, 0.15) is 11.5 Å². The second-order valence-electron chi connectivity index (χ2n) is 6.12. The first kappa shape index (κ1) is 26.0. The normalized spacial score (nSPS) is 10.3. The molecular weight excluding hydrogens is 401 g/mol. The van der Waals surface area contributed by atoms with Crippen LogP contribution in [0, 0.1) is 5.41 Å². The first-order valence-corrected chi connectivity index (χ1v) is 8.82. The van der Waals surface area contributed by atoms with Crippen LogP contribution in [-0.4, -0.2) is 24.5 Å². The molecule has 156 valence electrons. The third kappa shape index (κ3) is 6.26. The van der Waals surface area contributed by atoms with Crippen molar-refractivity contribution in [2.24, 2.45) is 11.1 Å². The number of hydrogen-bond donors (Lipinski definition) is 2. The molecule has 0 unspecified atom stereocenters. The minimum atomic E-state index is -0.532. The van der Waals surface area contributed by atoms with Crippen LogP contribution in [0.2, 0.25) is 0 Å². The lowest BCUT2D eigenvalue weighted by atomic mass is 9.81. The van der Waals surface area contributed by atoms with Crippen molar-refractivity contribution >= 4 is 30.7 Å². The molecule has 0 saturated carbocycles. The number of benzene rings is 1. The number of carbonyl (C=O) groups is 1. The Morgan fingerprint density at radius 3 is 2.43 bits per heavy atom. The minimum Gasteiger partial charge on any atom is -0.497 e. The summed E-state index contributed by atoms with van der Waals surface area (Å²) in [5, 5.41) is 2.98. The number of amides is 1. The predicted molar refractivity (Wildman–Crippen MR) is 116 cm³/mol. The van der Waals surface area contributed by atoms with E-state index in [1.54, 1.807) is 19.4 Å². The van der Waals surface area contributed by atoms with Crippen LogP contribution in [0.5, 0.6) is 17.4 Å². The molecule has 8 heteroatoms. The molecule has 0 radical (unpaired) electrons. The zero-order valence-electron chi connectivity index (χ0n) is 16.4. The quantitative estimate of drug-likeness (QED) is 0.626. The first-order chi connectivity index (χ1) is 12.6. The maximum atomic E-state index is 12.6. The number of nitrogens with two attached hydrogens (primary N) is 1. The van der Waals surface area contributed by atoms with Crippen molar-refractivity contribution in [2.45, 2.75) is 33.2 Å². The van der Waals surface area contributed by atoms with Crippen molar-refractivity contribution in [1.29, 1.82) is 0 Å². The third-order valence-corrected chi connectivity index (χ3v) is 4.77. The van der Waals surface area contributed by atoms with E-state index in [0.717, 1.165) is 5.56 Å². The van der Waals surface area contributed by atoms with Gasteiger partial charge in [0.2, 0.25) is 11.8 Å². The van der Waals surface area contributed by atoms with Crippen LogP contribution in [0.3, 0.4) is 0 Å². The molecule has 0 spiro atoms. The molecule has 2 rings (SSSR count). The topological polar surface area (TPSA) is 86.5 Å². The van der Waals surface area contributed by atoms with Gasteiger partial charge in [-0.2, -0.15) is 0 Å². The highest BCUT2D eigenvalue weighted by molar-refractivity contribution is 5.85. The Hall–Kier alpha value is -2.02. The van der Waals surface area contributed by atoms with Gasteiger partial charge in [-0.05, 0) is 31.0 Å². The predicted octanol–water partition coefficient (Wildman–Crippen LogP) is 4.11. The van der Waals surface area contributed by atoms with E-state index in [2.05, 4.69) is 10.3 Å². The summed E-state index contributed by atoms with van der Waals surface area (Å²) in [7, 11) is 1.60. The lowest BCUT2D eigenvalue weighted by molar-refractivity contribution is -0.131. The Morgan fingerprint density at radius 2 is 1.82 bits per heavy atom. The Bertz CT molecular complexity index is 732. The number of aromatic nitrogens is 1. The molecule has 0 fully saturated rings. The number of nitrogens with one attached hydrogen (secondary N) is 1. The maximum absolute atomic E-state index is 12.6. The smallest absolute Gasteiger partial charge is 0.227 e. The van der Waals surface area contributed by atoms with E-state index in [1.165, 1.54) is 0 Å². The van der Waals surface area contributed by atoms with Crippen LogP contribution >= 0.6 is 24.8 Å². The van der Waals surface area contributed by atoms with Crippen LogP contribution in [0.1, 0.15) is 32.3 Å². The number of ether oxygens (including phenoxy) is 2. The number of methoxy groups -OCH3 is 1. The molecule has 1 amide bonds. The highest BCUT2D eigenvalue weighted by Crippen LogP contribution is 2.27. The largest absolute Gasteiger partial charge is 0.497 e. The average molecular weight is 430 g/mol. The molecule has 1 aromatic heterocycles. The van der Waals surface area contributed by atoms with Crippen molar-refractivity contribution in [3.8, 4) is 17.4 Å². The number of pyridine rings is 1. The van der Waals surface area contributed by atoms with E-state index in [0.29, 0.717) is 43.3 Å². The van der Waals surface area contributed by atoms with Crippen molar-refractivity contribution in [1.82, 2.24) is 10.3 Å². The van der Waals surface area contributed by atoms with Crippen molar-refractivity contribution in [3.05, 3.63) is 48.2 Å². The van der Waals surface area contributed by atoms with E-state index in [9.17, 15) is 4.79 Å². The van der Waals surface area contributed by atoms with Crippen LogP contribution in [0.25, 0.3) is 0 Å². The zero-order valence-corrected chi connectivity index (χ0v) is 18.1. The Balaban J connectivity index is 0.00000364. The van der Waals surface area contributed by atoms with Crippen LogP contribution in [-0.2, 0) is 11.3 Å². The molecule has 2 aromatic rings. The van der Waals surface area contributed by atoms with Crippen LogP contribution < -0.4 is 20.5 Å². The van der Waals surface area contributed by atoms with Gasteiger partial charge >= 0.3 is 0 Å². The van der Waals surface area contributed by atoms with Gasteiger partial charge in [-0.3, -0.25) is 4.79 Å². The molecular formula is C20H29Cl2N3O3. The molecule has 28 heavy (non-hydrogen) atoms. The average Bonchev–Trinajstić information content (AvgIpc) is 2.69. The number of hydrogen-bond acceptors (Lipinski definition) is 5. The van der Waals surface area contributed by atoms with Crippen molar-refractivity contribution < 1.29 is 14.3 Å². The summed E-state index contributed by atoms with van der Waals surface area (Å²) in [6.07, 6.45) is 3.06. The summed E-state index contributed by atoms with van der Waals surface area (Å²) in [5.41, 5.74) is 6.11. The molecule has 3 N–H and O–H groups in total. The number of carbonyl (C=O) groups excluding carboxylic acids is 1. The second-order valence-corrected chi connectivity index (χ2v) is 6.12. The monoisotopic (exact) mass is 429 g/mol. The van der Waals surface area contributed by atoms with Gasteiger partial charge in [0, 0.05) is 30.9 Å². The SMILES string of the molecule is CCC(CC)(CN)C(=O)NCc1cccnc1Oc1cccc(OC)c1.Cl.Cl. The molecule has 6 nitrogen and oxygen atoms in total. The first-order valence-electron chi connectivity index (χ1n) is 8.82. The van der Waals surface area contributed by atoms with Crippen molar-refractivity contribution in [2.75, 3.05) is 13.7 Å². The molecule has 1 heterocycles. The Labute approximate surface area is 179 Å². The van der Waals surface area contributed by atoms with E-state index < -0.39 is 5.41 Å². The summed E-state index contributed by atoms with van der Waals surface area (Å²) in [6.45, 7) is 4.62. The van der Waals surface area contributed by atoms with E-state index in [4.69, 9.17) is 15.2 Å². The van der Waals surface area contributed by atoms with Gasteiger partial charge in [0.25, 0.3) is 0 Å². The molecule has 0 saturated heterocycles. The lowest BCUT2D eigenvalue weighted by Crippen LogP contribution is -2.45. The Kier molecular flexibility index (Phi) is 11.5. The third-order valence-electron chi connectivity index (χ3n) is 4.77. The summed E-state index contributed by atoms with van der Waals surface area (Å²) < 4.78 is 11.1. The fraction of sp³-hybridized carbons (Fsp3) is 0.400. The molecule has 1 aromatic carbocycles. The Morgan fingerprint density at radius 1 is 1.14 bits per heavy atom. The van der Waals surface area contributed by atoms with Gasteiger partial charge in [0.15, 0.2) is 0 Å². The number of rotatable bonds is 9. The van der Waals surface area contributed by atoms with E-state index in [-0.39, 0.29) is 30.7 Å². The number of nitrogens with zero attached hydrogens (tertiary/aromatic N) is 1. The van der Waals surface area contributed by atoms with Crippen LogP contribution in [0.15, 0.2) is 42.6 Å². The summed E-state index contributed by atoms with van der Waals surface area (Å²) >= 11 is 0. The molecule has 0 bridgehead atoms. The van der Waals surface area contributed by atoms with Gasteiger partial charge < -0.3 is 20.5 Å². The second kappa shape index (κ2) is 12.4. The molecule has 0 aliphatic carbocycles. The van der Waals surface area contributed by atoms with Crippen molar-refractivity contribution in [3.63, 3.8) is 0 Å².